The second-order valence-corrected chi connectivity index (χ2v) is 17.1. The van der Waals surface area contributed by atoms with Crippen molar-refractivity contribution in [3.05, 3.63) is 283 Å². The molecule has 3 nitrogen and oxygen atoms in total. The van der Waals surface area contributed by atoms with Crippen molar-refractivity contribution in [3.63, 3.8) is 0 Å². The lowest BCUT2D eigenvalue weighted by molar-refractivity contribution is 0.769. The monoisotopic (exact) mass is 853 g/mol. The Morgan fingerprint density at radius 3 is 0.970 bits per heavy atom. The van der Waals surface area contributed by atoms with Gasteiger partial charge in [0.15, 0.2) is 17.5 Å². The zero-order chi connectivity index (χ0) is 44.6. The fourth-order valence-corrected chi connectivity index (χ4v) is 10.0. The molecule has 0 unspecified atom stereocenters. The summed E-state index contributed by atoms with van der Waals surface area (Å²) >= 11 is 0. The van der Waals surface area contributed by atoms with Gasteiger partial charge in [-0.25, -0.2) is 15.0 Å². The number of rotatable bonds is 9. The van der Waals surface area contributed by atoms with Gasteiger partial charge in [-0.05, 0) is 90.0 Å². The summed E-state index contributed by atoms with van der Waals surface area (Å²) in [6.45, 7) is 0. The summed E-state index contributed by atoms with van der Waals surface area (Å²) in [4.78, 5) is 14.8. The molecule has 0 saturated carbocycles. The van der Waals surface area contributed by atoms with Crippen molar-refractivity contribution in [1.82, 2.24) is 15.0 Å². The molecule has 0 radical (unpaired) electrons. The van der Waals surface area contributed by atoms with Gasteiger partial charge >= 0.3 is 0 Å². The molecule has 0 fully saturated rings. The van der Waals surface area contributed by atoms with Crippen LogP contribution in [0, 0.1) is 0 Å². The van der Waals surface area contributed by atoms with Gasteiger partial charge in [0, 0.05) is 16.7 Å². The van der Waals surface area contributed by atoms with Gasteiger partial charge in [-0.1, -0.05) is 249 Å². The van der Waals surface area contributed by atoms with Gasteiger partial charge in [-0.2, -0.15) is 0 Å². The third kappa shape index (κ3) is 7.15. The molecule has 0 aliphatic heterocycles. The van der Waals surface area contributed by atoms with Crippen LogP contribution >= 0.6 is 0 Å². The molecular formula is C64H43N3. The summed E-state index contributed by atoms with van der Waals surface area (Å²) in [5.74, 6) is 1.94. The fraction of sp³-hybridized carbons (Fsp3) is 0.0156. The van der Waals surface area contributed by atoms with Crippen molar-refractivity contribution < 1.29 is 0 Å². The second-order valence-electron chi connectivity index (χ2n) is 17.1. The molecule has 67 heavy (non-hydrogen) atoms. The summed E-state index contributed by atoms with van der Waals surface area (Å²) in [5, 5.41) is 0. The normalized spacial score (nSPS) is 12.3. The molecule has 10 aromatic carbocycles. The van der Waals surface area contributed by atoms with Gasteiger partial charge in [0.1, 0.15) is 0 Å². The molecule has 1 aromatic heterocycles. The molecule has 0 saturated heterocycles. The number of aromatic nitrogens is 3. The third-order valence-electron chi connectivity index (χ3n) is 13.3. The number of hydrogen-bond donors (Lipinski definition) is 0. The van der Waals surface area contributed by atoms with Gasteiger partial charge in [0.25, 0.3) is 0 Å². The van der Waals surface area contributed by atoms with Gasteiger partial charge in [-0.3, -0.25) is 0 Å². The van der Waals surface area contributed by atoms with E-state index in [4.69, 9.17) is 15.0 Å². The van der Waals surface area contributed by atoms with E-state index in [1.807, 2.05) is 60.7 Å². The third-order valence-corrected chi connectivity index (χ3v) is 13.3. The minimum absolute atomic E-state index is 0.511. The standard InChI is InChI=1S/C64H43N3/c1-6-18-44(19-7-1)45-30-36-48(37-31-45)56-42-58-55-28-16-17-29-59(55)64(53-24-12-4-13-25-53,54-26-14-5-15-27-54)60(58)43-57(56)49-38-32-46(33-39-49)47-34-40-52(41-35-47)63-66-61(50-20-8-2-9-21-50)65-62(67-63)51-22-10-3-11-23-51/h1-43H. The van der Waals surface area contributed by atoms with Crippen LogP contribution in [-0.4, -0.2) is 15.0 Å². The molecule has 1 aliphatic carbocycles. The summed E-state index contributed by atoms with van der Waals surface area (Å²) in [6.07, 6.45) is 0. The minimum Gasteiger partial charge on any atom is -0.208 e. The molecule has 1 heterocycles. The molecule has 0 atom stereocenters. The van der Waals surface area contributed by atoms with E-state index in [0.717, 1.165) is 33.4 Å². The zero-order valence-electron chi connectivity index (χ0n) is 36.7. The Balaban J connectivity index is 0.973. The molecule has 0 N–H and O–H groups in total. The van der Waals surface area contributed by atoms with Crippen LogP contribution < -0.4 is 0 Å². The summed E-state index contributed by atoms with van der Waals surface area (Å²) in [7, 11) is 0. The Hall–Kier alpha value is -8.79. The van der Waals surface area contributed by atoms with Crippen LogP contribution in [0.1, 0.15) is 22.3 Å². The lowest BCUT2D eigenvalue weighted by atomic mass is 9.67. The Kier molecular flexibility index (Phi) is 10.1. The highest BCUT2D eigenvalue weighted by molar-refractivity contribution is 5.95. The SMILES string of the molecule is c1ccc(-c2ccc(-c3cc4c(cc3-c3ccc(-c5ccc(-c6nc(-c7ccccc7)nc(-c7ccccc7)n6)cc5)cc3)C(c3ccccc3)(c3ccccc3)c3ccccc3-4)cc2)cc1. The van der Waals surface area contributed by atoms with Crippen molar-refractivity contribution in [1.29, 1.82) is 0 Å². The molecule has 0 spiro atoms. The first-order valence-corrected chi connectivity index (χ1v) is 22.8. The van der Waals surface area contributed by atoms with E-state index in [2.05, 4.69) is 200 Å². The number of hydrogen-bond acceptors (Lipinski definition) is 3. The van der Waals surface area contributed by atoms with Crippen LogP contribution in [0.15, 0.2) is 261 Å². The Morgan fingerprint density at radius 1 is 0.209 bits per heavy atom. The molecule has 0 bridgehead atoms. The zero-order valence-corrected chi connectivity index (χ0v) is 36.7. The Morgan fingerprint density at radius 2 is 0.522 bits per heavy atom. The van der Waals surface area contributed by atoms with Crippen LogP contribution in [0.5, 0.6) is 0 Å². The number of benzene rings is 10. The van der Waals surface area contributed by atoms with Crippen molar-refractivity contribution in [2.24, 2.45) is 0 Å². The average molecular weight is 854 g/mol. The molecule has 12 rings (SSSR count). The maximum absolute atomic E-state index is 4.96. The molecule has 3 heteroatoms. The average Bonchev–Trinajstić information content (AvgIpc) is 3.72. The smallest absolute Gasteiger partial charge is 0.164 e. The van der Waals surface area contributed by atoms with Gasteiger partial charge in [0.2, 0.25) is 0 Å². The maximum atomic E-state index is 4.96. The van der Waals surface area contributed by atoms with Gasteiger partial charge in [-0.15, -0.1) is 0 Å². The highest BCUT2D eigenvalue weighted by Gasteiger charge is 2.46. The van der Waals surface area contributed by atoms with Crippen LogP contribution in [0.4, 0.5) is 0 Å². The molecular weight excluding hydrogens is 811 g/mol. The first kappa shape index (κ1) is 39.8. The van der Waals surface area contributed by atoms with Crippen molar-refractivity contribution in [3.8, 4) is 89.8 Å². The maximum Gasteiger partial charge on any atom is 0.164 e. The van der Waals surface area contributed by atoms with E-state index in [-0.39, 0.29) is 0 Å². The Labute approximate surface area is 391 Å². The van der Waals surface area contributed by atoms with Crippen molar-refractivity contribution in [2.75, 3.05) is 0 Å². The van der Waals surface area contributed by atoms with Crippen LogP contribution in [0.3, 0.4) is 0 Å². The predicted molar refractivity (Wildman–Crippen MR) is 275 cm³/mol. The first-order valence-electron chi connectivity index (χ1n) is 22.8. The largest absolute Gasteiger partial charge is 0.208 e. The first-order chi connectivity index (χ1) is 33.2. The van der Waals surface area contributed by atoms with E-state index in [9.17, 15) is 0 Å². The number of fused-ring (bicyclic) bond motifs is 3. The van der Waals surface area contributed by atoms with Crippen LogP contribution in [-0.2, 0) is 5.41 Å². The van der Waals surface area contributed by atoms with Gasteiger partial charge in [0.05, 0.1) is 5.41 Å². The van der Waals surface area contributed by atoms with Crippen LogP contribution in [0.2, 0.25) is 0 Å². The van der Waals surface area contributed by atoms with E-state index >= 15 is 0 Å². The highest BCUT2D eigenvalue weighted by Crippen LogP contribution is 2.58. The predicted octanol–water partition coefficient (Wildman–Crippen LogP) is 15.9. The summed E-state index contributed by atoms with van der Waals surface area (Å²) < 4.78 is 0. The summed E-state index contributed by atoms with van der Waals surface area (Å²) in [5.41, 5.74) is 19.3. The highest BCUT2D eigenvalue weighted by atomic mass is 15.0. The minimum atomic E-state index is -0.511. The van der Waals surface area contributed by atoms with E-state index in [0.29, 0.717) is 17.5 Å². The molecule has 0 amide bonds. The molecule has 1 aliphatic rings. The van der Waals surface area contributed by atoms with E-state index in [1.165, 1.54) is 61.2 Å². The molecule has 314 valence electrons. The van der Waals surface area contributed by atoms with Gasteiger partial charge < -0.3 is 0 Å². The van der Waals surface area contributed by atoms with Crippen molar-refractivity contribution in [2.45, 2.75) is 5.41 Å². The van der Waals surface area contributed by atoms with E-state index < -0.39 is 5.41 Å². The number of nitrogens with zero attached hydrogens (tertiary/aromatic N) is 3. The fourth-order valence-electron chi connectivity index (χ4n) is 10.0. The lowest BCUT2D eigenvalue weighted by Gasteiger charge is -2.34. The van der Waals surface area contributed by atoms with E-state index in [1.54, 1.807) is 0 Å². The van der Waals surface area contributed by atoms with Crippen molar-refractivity contribution >= 4 is 0 Å². The summed E-state index contributed by atoms with van der Waals surface area (Å²) in [6, 6.07) is 93.5. The quantitative estimate of drug-likeness (QED) is 0.145. The second kappa shape index (κ2) is 17.0. The lowest BCUT2D eigenvalue weighted by Crippen LogP contribution is -2.28. The van der Waals surface area contributed by atoms with Crippen LogP contribution in [0.25, 0.3) is 89.8 Å². The molecule has 11 aromatic rings. The Bertz CT molecular complexity index is 3400. The topological polar surface area (TPSA) is 38.7 Å².